The number of nitrogens with zero attached hydrogens (tertiary/aromatic N) is 5. The number of aryl methyl sites for hydroxylation is 1. The zero-order valence-corrected chi connectivity index (χ0v) is 23.0. The minimum Gasteiger partial charge on any atom is -0.444 e. The Bertz CT molecular complexity index is 1470. The molecule has 1 N–H and O–H groups in total. The summed E-state index contributed by atoms with van der Waals surface area (Å²) < 4.78 is 5.58. The molecule has 1 amide bonds. The number of anilines is 1. The van der Waals surface area contributed by atoms with Gasteiger partial charge in [-0.25, -0.2) is 9.78 Å². The van der Waals surface area contributed by atoms with Gasteiger partial charge in [0.2, 0.25) is 0 Å². The number of likely N-dealkylation sites (tertiary alicyclic amines) is 1. The van der Waals surface area contributed by atoms with Crippen LogP contribution in [0.3, 0.4) is 0 Å². The number of pyridine rings is 1. The highest BCUT2D eigenvalue weighted by molar-refractivity contribution is 5.99. The maximum atomic E-state index is 12.6. The Morgan fingerprint density at radius 3 is 2.76 bits per heavy atom. The summed E-state index contributed by atoms with van der Waals surface area (Å²) in [5.74, 6) is 1.36. The summed E-state index contributed by atoms with van der Waals surface area (Å²) in [5, 5.41) is 19.1. The van der Waals surface area contributed by atoms with E-state index in [9.17, 15) is 10.1 Å². The van der Waals surface area contributed by atoms with Gasteiger partial charge < -0.3 is 14.5 Å². The number of fused-ring (bicyclic) bond motifs is 2. The smallest absolute Gasteiger partial charge is 0.410 e. The van der Waals surface area contributed by atoms with Crippen LogP contribution in [-0.4, -0.2) is 58.0 Å². The van der Waals surface area contributed by atoms with Crippen LogP contribution in [0.1, 0.15) is 62.9 Å². The number of aromatic amines is 1. The van der Waals surface area contributed by atoms with E-state index >= 15 is 0 Å². The van der Waals surface area contributed by atoms with Crippen molar-refractivity contribution in [3.63, 3.8) is 0 Å². The second-order valence-electron chi connectivity index (χ2n) is 12.7. The standard InChI is InChI=1S/C30H36N6O2/c1-18-6-8-20-24(12-18)33-27(21(13-31)26(20)25-19(2)7-9-23-22(25)14-32-34-23)35-11-10-30(15-35)16-36(17-30)28(37)38-29(3,4)5/h7,9,14,18H,6,8,10-12,15-17H2,1-5H3,(H,32,34). The molecule has 0 radical (unpaired) electrons. The molecule has 0 bridgehead atoms. The van der Waals surface area contributed by atoms with Gasteiger partial charge in [-0.3, -0.25) is 5.10 Å². The minimum atomic E-state index is -0.500. The monoisotopic (exact) mass is 512 g/mol. The number of nitriles is 1. The van der Waals surface area contributed by atoms with Crippen LogP contribution in [0, 0.1) is 29.6 Å². The van der Waals surface area contributed by atoms with Crippen LogP contribution in [0.5, 0.6) is 0 Å². The summed E-state index contributed by atoms with van der Waals surface area (Å²) in [7, 11) is 0. The molecule has 198 valence electrons. The Morgan fingerprint density at radius 2 is 2.03 bits per heavy atom. The molecule has 1 aliphatic carbocycles. The summed E-state index contributed by atoms with van der Waals surface area (Å²) in [6.45, 7) is 13.1. The lowest BCUT2D eigenvalue weighted by atomic mass is 9.79. The number of hydrogen-bond acceptors (Lipinski definition) is 6. The molecular formula is C30H36N6O2. The van der Waals surface area contributed by atoms with Gasteiger partial charge in [0.1, 0.15) is 23.1 Å². The quantitative estimate of drug-likeness (QED) is 0.495. The fourth-order valence-corrected chi connectivity index (χ4v) is 6.58. The van der Waals surface area contributed by atoms with Crippen LogP contribution in [0.4, 0.5) is 10.6 Å². The Morgan fingerprint density at radius 1 is 1.24 bits per heavy atom. The first-order chi connectivity index (χ1) is 18.1. The lowest BCUT2D eigenvalue weighted by Gasteiger charge is -2.47. The first-order valence-electron chi connectivity index (χ1n) is 13.7. The van der Waals surface area contributed by atoms with Gasteiger partial charge in [-0.15, -0.1) is 0 Å². The molecule has 38 heavy (non-hydrogen) atoms. The van der Waals surface area contributed by atoms with Crippen molar-refractivity contribution in [2.75, 3.05) is 31.1 Å². The molecular weight excluding hydrogens is 476 g/mol. The number of ether oxygens (including phenoxy) is 1. The molecule has 2 fully saturated rings. The average Bonchev–Trinajstić information content (AvgIpc) is 3.48. The zero-order valence-electron chi connectivity index (χ0n) is 23.0. The van der Waals surface area contributed by atoms with Crippen molar-refractivity contribution in [3.8, 4) is 17.2 Å². The highest BCUT2D eigenvalue weighted by Crippen LogP contribution is 2.46. The minimum absolute atomic E-state index is 0.0230. The molecule has 1 spiro atoms. The highest BCUT2D eigenvalue weighted by Gasteiger charge is 2.51. The number of nitrogens with one attached hydrogen (secondary N) is 1. The van der Waals surface area contributed by atoms with Crippen molar-refractivity contribution in [1.29, 1.82) is 5.26 Å². The third kappa shape index (κ3) is 4.09. The molecule has 1 aromatic carbocycles. The number of rotatable bonds is 2. The van der Waals surface area contributed by atoms with Gasteiger partial charge in [-0.1, -0.05) is 13.0 Å². The van der Waals surface area contributed by atoms with Gasteiger partial charge in [0, 0.05) is 48.2 Å². The predicted molar refractivity (Wildman–Crippen MR) is 147 cm³/mol. The van der Waals surface area contributed by atoms with Gasteiger partial charge in [-0.05, 0) is 82.1 Å². The van der Waals surface area contributed by atoms with E-state index < -0.39 is 5.60 Å². The fourth-order valence-electron chi connectivity index (χ4n) is 6.58. The lowest BCUT2D eigenvalue weighted by molar-refractivity contribution is -0.0266. The highest BCUT2D eigenvalue weighted by atomic mass is 16.6. The summed E-state index contributed by atoms with van der Waals surface area (Å²) in [5.41, 5.74) is 6.77. The van der Waals surface area contributed by atoms with Crippen molar-refractivity contribution in [1.82, 2.24) is 20.1 Å². The average molecular weight is 513 g/mol. The van der Waals surface area contributed by atoms with Crippen LogP contribution in [-0.2, 0) is 17.6 Å². The summed E-state index contributed by atoms with van der Waals surface area (Å²) >= 11 is 0. The molecule has 6 rings (SSSR count). The Hall–Kier alpha value is -3.60. The molecule has 2 aliphatic heterocycles. The third-order valence-electron chi connectivity index (χ3n) is 8.43. The first kappa shape index (κ1) is 24.7. The lowest BCUT2D eigenvalue weighted by Crippen LogP contribution is -2.60. The van der Waals surface area contributed by atoms with Crippen molar-refractivity contribution >= 4 is 22.8 Å². The normalized spacial score (nSPS) is 20.4. The Kier molecular flexibility index (Phi) is 5.67. The molecule has 8 nitrogen and oxygen atoms in total. The van der Waals surface area contributed by atoms with E-state index in [0.29, 0.717) is 24.6 Å². The summed E-state index contributed by atoms with van der Waals surface area (Å²) in [6.07, 6.45) is 5.55. The second-order valence-corrected chi connectivity index (χ2v) is 12.7. The predicted octanol–water partition coefficient (Wildman–Crippen LogP) is 5.38. The molecule has 3 aliphatic rings. The number of benzene rings is 1. The van der Waals surface area contributed by atoms with E-state index in [1.54, 1.807) is 4.90 Å². The third-order valence-corrected chi connectivity index (χ3v) is 8.43. The van der Waals surface area contributed by atoms with Gasteiger partial charge in [0.25, 0.3) is 0 Å². The van der Waals surface area contributed by atoms with Crippen LogP contribution in [0.2, 0.25) is 0 Å². The maximum absolute atomic E-state index is 12.6. The molecule has 1 atom stereocenters. The second kappa shape index (κ2) is 8.72. The van der Waals surface area contributed by atoms with Crippen molar-refractivity contribution in [2.45, 2.75) is 65.9 Å². The SMILES string of the molecule is Cc1ccc2[nH]ncc2c1-c1c(C#N)c(N2CCC3(CN(C(=O)OC(C)(C)C)C3)C2)nc2c1CCC(C)C2. The number of amides is 1. The maximum Gasteiger partial charge on any atom is 0.410 e. The molecule has 2 aromatic heterocycles. The molecule has 1 unspecified atom stereocenters. The van der Waals surface area contributed by atoms with Crippen molar-refractivity contribution < 1.29 is 9.53 Å². The zero-order chi connectivity index (χ0) is 26.8. The fraction of sp³-hybridized carbons (Fsp3) is 0.533. The first-order valence-corrected chi connectivity index (χ1v) is 13.7. The van der Waals surface area contributed by atoms with Gasteiger partial charge in [0.05, 0.1) is 11.7 Å². The summed E-state index contributed by atoms with van der Waals surface area (Å²) in [4.78, 5) is 21.9. The van der Waals surface area contributed by atoms with E-state index in [1.807, 2.05) is 27.0 Å². The number of carbonyl (C=O) groups is 1. The van der Waals surface area contributed by atoms with E-state index in [1.165, 1.54) is 5.56 Å². The van der Waals surface area contributed by atoms with Crippen LogP contribution >= 0.6 is 0 Å². The van der Waals surface area contributed by atoms with Crippen LogP contribution < -0.4 is 4.90 Å². The molecule has 3 aromatic rings. The molecule has 8 heteroatoms. The Balaban J connectivity index is 1.39. The van der Waals surface area contributed by atoms with E-state index in [0.717, 1.165) is 77.9 Å². The summed E-state index contributed by atoms with van der Waals surface area (Å²) in [6, 6.07) is 6.75. The Labute approximate surface area is 224 Å². The van der Waals surface area contributed by atoms with Crippen molar-refractivity contribution in [2.24, 2.45) is 11.3 Å². The number of aromatic nitrogens is 3. The van der Waals surface area contributed by atoms with E-state index in [-0.39, 0.29) is 11.5 Å². The van der Waals surface area contributed by atoms with E-state index in [2.05, 4.69) is 47.1 Å². The van der Waals surface area contributed by atoms with Crippen molar-refractivity contribution in [3.05, 3.63) is 40.7 Å². The van der Waals surface area contributed by atoms with Gasteiger partial charge in [-0.2, -0.15) is 10.4 Å². The molecule has 2 saturated heterocycles. The van der Waals surface area contributed by atoms with Gasteiger partial charge in [0.15, 0.2) is 0 Å². The number of hydrogen-bond donors (Lipinski definition) is 1. The molecule has 0 saturated carbocycles. The van der Waals surface area contributed by atoms with Crippen LogP contribution in [0.15, 0.2) is 18.3 Å². The largest absolute Gasteiger partial charge is 0.444 e. The number of carbonyl (C=O) groups excluding carboxylic acids is 1. The number of H-pyrrole nitrogens is 1. The van der Waals surface area contributed by atoms with Crippen LogP contribution in [0.25, 0.3) is 22.0 Å². The van der Waals surface area contributed by atoms with E-state index in [4.69, 9.17) is 9.72 Å². The topological polar surface area (TPSA) is 98.1 Å². The van der Waals surface area contributed by atoms with Gasteiger partial charge >= 0.3 is 6.09 Å². The molecule has 4 heterocycles.